The van der Waals surface area contributed by atoms with Crippen molar-refractivity contribution in [3.63, 3.8) is 0 Å². The average molecular weight is 245 g/mol. The first-order chi connectivity index (χ1) is 8.22. The van der Waals surface area contributed by atoms with Crippen molar-refractivity contribution in [1.82, 2.24) is 0 Å². The van der Waals surface area contributed by atoms with E-state index in [-0.39, 0.29) is 12.0 Å². The number of fused-ring (bicyclic) bond motifs is 1. The highest BCUT2D eigenvalue weighted by Crippen LogP contribution is 2.27. The van der Waals surface area contributed by atoms with Crippen LogP contribution in [0.1, 0.15) is 11.8 Å². The summed E-state index contributed by atoms with van der Waals surface area (Å²) in [7, 11) is 0. The Morgan fingerprint density at radius 3 is 2.94 bits per heavy atom. The van der Waals surface area contributed by atoms with Gasteiger partial charge in [-0.15, -0.1) is 11.3 Å². The minimum Gasteiger partial charge on any atom is -0.411 e. The highest BCUT2D eigenvalue weighted by atomic mass is 32.1. The number of thiophene rings is 1. The van der Waals surface area contributed by atoms with Crippen molar-refractivity contribution in [2.24, 2.45) is 4.99 Å². The van der Waals surface area contributed by atoms with Crippen LogP contribution in [-0.2, 0) is 16.0 Å². The monoisotopic (exact) mass is 245 g/mol. The summed E-state index contributed by atoms with van der Waals surface area (Å²) in [5.74, 6) is 0.237. The van der Waals surface area contributed by atoms with Crippen molar-refractivity contribution in [2.75, 3.05) is 0 Å². The fourth-order valence-electron chi connectivity index (χ4n) is 1.97. The van der Waals surface area contributed by atoms with Crippen molar-refractivity contribution < 1.29 is 9.53 Å². The summed E-state index contributed by atoms with van der Waals surface area (Å²) >= 11 is 1.71. The van der Waals surface area contributed by atoms with E-state index in [1.54, 1.807) is 18.3 Å². The highest BCUT2D eigenvalue weighted by Gasteiger charge is 2.27. The van der Waals surface area contributed by atoms with Crippen LogP contribution in [0.2, 0.25) is 0 Å². The predicted molar refractivity (Wildman–Crippen MR) is 68.5 cm³/mol. The molecule has 3 rings (SSSR count). The first-order valence-electron chi connectivity index (χ1n) is 5.46. The van der Waals surface area contributed by atoms with E-state index in [0.29, 0.717) is 12.3 Å². The van der Waals surface area contributed by atoms with Crippen molar-refractivity contribution in [2.45, 2.75) is 19.4 Å². The molecular weight excluding hydrogens is 234 g/mol. The van der Waals surface area contributed by atoms with Crippen LogP contribution < -0.4 is 0 Å². The number of cyclic esters (lactones) is 1. The molecule has 0 saturated carbocycles. The van der Waals surface area contributed by atoms with E-state index in [2.05, 4.69) is 23.2 Å². The van der Waals surface area contributed by atoms with E-state index in [1.807, 2.05) is 12.1 Å². The molecule has 4 heteroatoms. The topological polar surface area (TPSA) is 38.7 Å². The molecule has 1 aliphatic rings. The Kier molecular flexibility index (Phi) is 2.44. The van der Waals surface area contributed by atoms with Crippen LogP contribution in [0.3, 0.4) is 0 Å². The summed E-state index contributed by atoms with van der Waals surface area (Å²) in [6, 6.07) is 9.97. The van der Waals surface area contributed by atoms with Crippen LogP contribution in [-0.4, -0.2) is 17.9 Å². The molecular formula is C13H11NO2S. The molecule has 0 aliphatic carbocycles. The van der Waals surface area contributed by atoms with Gasteiger partial charge in [0.15, 0.2) is 11.9 Å². The molecule has 86 valence electrons. The van der Waals surface area contributed by atoms with Gasteiger partial charge in [0, 0.05) is 22.9 Å². The van der Waals surface area contributed by atoms with Crippen LogP contribution >= 0.6 is 11.3 Å². The average Bonchev–Trinajstić information content (AvgIpc) is 2.82. The Balaban J connectivity index is 1.88. The van der Waals surface area contributed by atoms with Gasteiger partial charge in [-0.05, 0) is 17.5 Å². The second kappa shape index (κ2) is 3.96. The fraction of sp³-hybridized carbons (Fsp3) is 0.231. The number of esters is 1. The van der Waals surface area contributed by atoms with Crippen LogP contribution in [0.15, 0.2) is 35.3 Å². The van der Waals surface area contributed by atoms with Gasteiger partial charge in [-0.2, -0.15) is 0 Å². The third-order valence-corrected chi connectivity index (χ3v) is 3.87. The second-order valence-corrected chi connectivity index (χ2v) is 5.21. The fourth-order valence-corrected chi connectivity index (χ4v) is 3.07. The molecule has 0 spiro atoms. The SMILES string of the molecule is CC1=N[C@H](Cc2cc3ccccc3s2)C(=O)O1. The maximum atomic E-state index is 11.5. The molecule has 3 nitrogen and oxygen atoms in total. The van der Waals surface area contributed by atoms with Crippen molar-refractivity contribution in [3.05, 3.63) is 35.2 Å². The van der Waals surface area contributed by atoms with Gasteiger partial charge in [-0.3, -0.25) is 0 Å². The molecule has 0 saturated heterocycles. The summed E-state index contributed by atoms with van der Waals surface area (Å²) in [6.45, 7) is 1.71. The summed E-state index contributed by atoms with van der Waals surface area (Å²) in [5.41, 5.74) is 0. The van der Waals surface area contributed by atoms with Crippen LogP contribution in [0.4, 0.5) is 0 Å². The number of rotatable bonds is 2. The van der Waals surface area contributed by atoms with E-state index < -0.39 is 0 Å². The van der Waals surface area contributed by atoms with Crippen LogP contribution in [0, 0.1) is 0 Å². The van der Waals surface area contributed by atoms with Gasteiger partial charge in [0.25, 0.3) is 0 Å². The molecule has 0 radical (unpaired) electrons. The lowest BCUT2D eigenvalue weighted by Crippen LogP contribution is -2.16. The van der Waals surface area contributed by atoms with Crippen molar-refractivity contribution in [1.29, 1.82) is 0 Å². The second-order valence-electron chi connectivity index (χ2n) is 4.04. The quantitative estimate of drug-likeness (QED) is 0.763. The minimum absolute atomic E-state index is 0.236. The number of nitrogens with zero attached hydrogens (tertiary/aromatic N) is 1. The standard InChI is InChI=1S/C13H11NO2S/c1-8-14-11(13(15)16-8)7-10-6-9-4-2-3-5-12(9)17-10/h2-6,11H,7H2,1H3/t11-/m1/s1. The maximum absolute atomic E-state index is 11.5. The summed E-state index contributed by atoms with van der Waals surface area (Å²) in [5, 5.41) is 1.22. The van der Waals surface area contributed by atoms with Gasteiger partial charge in [0.1, 0.15) is 0 Å². The molecule has 1 aromatic carbocycles. The van der Waals surface area contributed by atoms with E-state index >= 15 is 0 Å². The first-order valence-corrected chi connectivity index (χ1v) is 6.27. The zero-order chi connectivity index (χ0) is 11.8. The largest absolute Gasteiger partial charge is 0.411 e. The molecule has 0 bridgehead atoms. The van der Waals surface area contributed by atoms with E-state index in [1.165, 1.54) is 15.0 Å². The van der Waals surface area contributed by atoms with Gasteiger partial charge < -0.3 is 4.74 Å². The molecule has 2 heterocycles. The zero-order valence-corrected chi connectivity index (χ0v) is 10.2. The van der Waals surface area contributed by atoms with Gasteiger partial charge >= 0.3 is 5.97 Å². The normalized spacial score (nSPS) is 19.5. The van der Waals surface area contributed by atoms with Gasteiger partial charge in [0.2, 0.25) is 0 Å². The number of carbonyl (C=O) groups excluding carboxylic acids is 1. The van der Waals surface area contributed by atoms with Gasteiger partial charge in [0.05, 0.1) is 0 Å². The number of benzene rings is 1. The number of ether oxygens (including phenoxy) is 1. The molecule has 1 aromatic heterocycles. The third kappa shape index (κ3) is 1.96. The van der Waals surface area contributed by atoms with Crippen molar-refractivity contribution >= 4 is 33.3 Å². The highest BCUT2D eigenvalue weighted by molar-refractivity contribution is 7.19. The molecule has 1 aliphatic heterocycles. The Morgan fingerprint density at radius 2 is 2.24 bits per heavy atom. The Hall–Kier alpha value is -1.68. The minimum atomic E-state index is -0.358. The van der Waals surface area contributed by atoms with Crippen LogP contribution in [0.25, 0.3) is 10.1 Å². The Labute approximate surface area is 103 Å². The number of hydrogen-bond donors (Lipinski definition) is 0. The number of aliphatic imine (C=N–C) groups is 1. The number of carbonyl (C=O) groups is 1. The molecule has 0 amide bonds. The predicted octanol–water partition coefficient (Wildman–Crippen LogP) is 2.79. The molecule has 17 heavy (non-hydrogen) atoms. The molecule has 2 aromatic rings. The lowest BCUT2D eigenvalue weighted by atomic mass is 10.2. The number of hydrogen-bond acceptors (Lipinski definition) is 4. The van der Waals surface area contributed by atoms with E-state index in [9.17, 15) is 4.79 Å². The molecule has 0 fully saturated rings. The van der Waals surface area contributed by atoms with Crippen LogP contribution in [0.5, 0.6) is 0 Å². The first kappa shape index (κ1) is 10.5. The third-order valence-electron chi connectivity index (χ3n) is 2.73. The summed E-state index contributed by atoms with van der Waals surface area (Å²) in [6.07, 6.45) is 0.634. The lowest BCUT2D eigenvalue weighted by molar-refractivity contribution is -0.134. The van der Waals surface area contributed by atoms with Gasteiger partial charge in [-0.25, -0.2) is 9.79 Å². The van der Waals surface area contributed by atoms with E-state index in [0.717, 1.165) is 0 Å². The summed E-state index contributed by atoms with van der Waals surface area (Å²) < 4.78 is 6.18. The Bertz CT molecular complexity index is 582. The Morgan fingerprint density at radius 1 is 1.41 bits per heavy atom. The smallest absolute Gasteiger partial charge is 0.337 e. The molecule has 1 atom stereocenters. The maximum Gasteiger partial charge on any atom is 0.337 e. The molecule has 0 unspecified atom stereocenters. The van der Waals surface area contributed by atoms with E-state index in [4.69, 9.17) is 4.74 Å². The van der Waals surface area contributed by atoms with Crippen molar-refractivity contribution in [3.8, 4) is 0 Å². The molecule has 0 N–H and O–H groups in total. The van der Waals surface area contributed by atoms with Gasteiger partial charge in [-0.1, -0.05) is 18.2 Å². The summed E-state index contributed by atoms with van der Waals surface area (Å²) in [4.78, 5) is 16.8. The zero-order valence-electron chi connectivity index (χ0n) is 9.34. The lowest BCUT2D eigenvalue weighted by Gasteiger charge is -1.99.